The molecule has 1 amide bonds. The van der Waals surface area contributed by atoms with Crippen molar-refractivity contribution in [2.24, 2.45) is 10.9 Å². The number of carbonyl (C=O) groups is 2. The maximum absolute atomic E-state index is 12.7. The fourth-order valence-electron chi connectivity index (χ4n) is 3.85. The van der Waals surface area contributed by atoms with Crippen LogP contribution in [-0.4, -0.2) is 61.6 Å². The number of aliphatic imine (C=N–C) groups is 1. The summed E-state index contributed by atoms with van der Waals surface area (Å²) in [6.07, 6.45) is 7.77. The summed E-state index contributed by atoms with van der Waals surface area (Å²) in [4.78, 5) is 30.7. The number of nitrogens with zero attached hydrogens (tertiary/aromatic N) is 2. The van der Waals surface area contributed by atoms with Crippen molar-refractivity contribution in [1.82, 2.24) is 15.5 Å². The second kappa shape index (κ2) is 14.0. The molecule has 0 radical (unpaired) electrons. The maximum Gasteiger partial charge on any atom is 0.305 e. The van der Waals surface area contributed by atoms with Crippen molar-refractivity contribution < 1.29 is 14.3 Å². The van der Waals surface area contributed by atoms with E-state index in [9.17, 15) is 9.59 Å². The Balaban J connectivity index is 0.00000392. The summed E-state index contributed by atoms with van der Waals surface area (Å²) in [5, 5.41) is 6.70. The molecule has 0 aromatic carbocycles. The van der Waals surface area contributed by atoms with Crippen molar-refractivity contribution >= 4 is 41.8 Å². The van der Waals surface area contributed by atoms with Crippen molar-refractivity contribution in [3.05, 3.63) is 0 Å². The van der Waals surface area contributed by atoms with Crippen molar-refractivity contribution in [3.8, 4) is 0 Å². The van der Waals surface area contributed by atoms with Gasteiger partial charge in [0.1, 0.15) is 0 Å². The number of nitrogens with one attached hydrogen (secondary N) is 2. The molecule has 1 heterocycles. The molecule has 0 aromatic rings. The number of esters is 1. The van der Waals surface area contributed by atoms with Gasteiger partial charge in [0, 0.05) is 44.6 Å². The molecule has 2 N–H and O–H groups in total. The third kappa shape index (κ3) is 8.53. The predicted molar refractivity (Wildman–Crippen MR) is 122 cm³/mol. The standard InChI is InChI=1S/C20H36N4O3.HI/c1-3-21-20(22-13-8-11-18(25)27-4-2)23-17-12-14-24(15-17)19(26)16-9-6-5-7-10-16;/h16-17H,3-15H2,1-2H3,(H2,21,22,23);1H. The van der Waals surface area contributed by atoms with Gasteiger partial charge in [-0.2, -0.15) is 0 Å². The first-order valence-electron chi connectivity index (χ1n) is 10.6. The van der Waals surface area contributed by atoms with Crippen LogP contribution in [0.25, 0.3) is 0 Å². The van der Waals surface area contributed by atoms with Crippen molar-refractivity contribution in [2.75, 3.05) is 32.8 Å². The van der Waals surface area contributed by atoms with Gasteiger partial charge in [-0.05, 0) is 39.5 Å². The quantitative estimate of drug-likeness (QED) is 0.173. The number of hydrogen-bond donors (Lipinski definition) is 2. The average molecular weight is 508 g/mol. The molecule has 0 bridgehead atoms. The number of carbonyl (C=O) groups excluding carboxylic acids is 2. The number of hydrogen-bond acceptors (Lipinski definition) is 4. The first-order valence-corrected chi connectivity index (χ1v) is 10.6. The molecule has 162 valence electrons. The second-order valence-electron chi connectivity index (χ2n) is 7.42. The van der Waals surface area contributed by atoms with Crippen LogP contribution in [0, 0.1) is 5.92 Å². The molecule has 1 saturated carbocycles. The molecular formula is C20H37IN4O3. The van der Waals surface area contributed by atoms with E-state index in [1.165, 1.54) is 19.3 Å². The van der Waals surface area contributed by atoms with E-state index in [2.05, 4.69) is 15.6 Å². The van der Waals surface area contributed by atoms with Gasteiger partial charge in [0.2, 0.25) is 5.91 Å². The topological polar surface area (TPSA) is 83.0 Å². The van der Waals surface area contributed by atoms with Crippen LogP contribution in [0.2, 0.25) is 0 Å². The van der Waals surface area contributed by atoms with Gasteiger partial charge in [0.15, 0.2) is 5.96 Å². The van der Waals surface area contributed by atoms with E-state index < -0.39 is 0 Å². The van der Waals surface area contributed by atoms with E-state index >= 15 is 0 Å². The number of rotatable bonds is 8. The Morgan fingerprint density at radius 1 is 1.14 bits per heavy atom. The molecule has 8 heteroatoms. The van der Waals surface area contributed by atoms with Crippen LogP contribution < -0.4 is 10.6 Å². The van der Waals surface area contributed by atoms with Crippen LogP contribution in [0.15, 0.2) is 4.99 Å². The lowest BCUT2D eigenvalue weighted by Gasteiger charge is -2.26. The van der Waals surface area contributed by atoms with E-state index in [0.717, 1.165) is 44.9 Å². The maximum atomic E-state index is 12.7. The molecule has 2 aliphatic rings. The average Bonchev–Trinajstić information content (AvgIpc) is 3.14. The molecule has 7 nitrogen and oxygen atoms in total. The van der Waals surface area contributed by atoms with Crippen LogP contribution in [0.3, 0.4) is 0 Å². The lowest BCUT2D eigenvalue weighted by molar-refractivity contribution is -0.143. The SMILES string of the molecule is CCNC(=NCCCC(=O)OCC)NC1CCN(C(=O)C2CCCCC2)C1.I. The van der Waals surface area contributed by atoms with Gasteiger partial charge in [0.05, 0.1) is 6.61 Å². The van der Waals surface area contributed by atoms with Crippen molar-refractivity contribution in [2.45, 2.75) is 71.3 Å². The summed E-state index contributed by atoms with van der Waals surface area (Å²) in [6.45, 7) is 7.20. The molecule has 0 aromatic heterocycles. The first-order chi connectivity index (χ1) is 13.1. The smallest absolute Gasteiger partial charge is 0.305 e. The summed E-state index contributed by atoms with van der Waals surface area (Å²) in [7, 11) is 0. The van der Waals surface area contributed by atoms with Gasteiger partial charge in [-0.1, -0.05) is 19.3 Å². The number of likely N-dealkylation sites (tertiary alicyclic amines) is 1. The zero-order chi connectivity index (χ0) is 19.5. The fraction of sp³-hybridized carbons (Fsp3) is 0.850. The van der Waals surface area contributed by atoms with Crippen LogP contribution >= 0.6 is 24.0 Å². The van der Waals surface area contributed by atoms with E-state index in [4.69, 9.17) is 4.74 Å². The number of amides is 1. The van der Waals surface area contributed by atoms with Gasteiger partial charge in [-0.15, -0.1) is 24.0 Å². The molecule has 1 atom stereocenters. The highest BCUT2D eigenvalue weighted by atomic mass is 127. The minimum atomic E-state index is -0.168. The molecule has 1 unspecified atom stereocenters. The molecule has 0 spiro atoms. The molecule has 1 saturated heterocycles. The Morgan fingerprint density at radius 3 is 2.57 bits per heavy atom. The number of ether oxygens (including phenoxy) is 1. The second-order valence-corrected chi connectivity index (χ2v) is 7.42. The highest BCUT2D eigenvalue weighted by molar-refractivity contribution is 14.0. The highest BCUT2D eigenvalue weighted by Crippen LogP contribution is 2.26. The zero-order valence-electron chi connectivity index (χ0n) is 17.4. The monoisotopic (exact) mass is 508 g/mol. The highest BCUT2D eigenvalue weighted by Gasteiger charge is 2.31. The normalized spacial score (nSPS) is 20.4. The third-order valence-corrected chi connectivity index (χ3v) is 5.25. The summed E-state index contributed by atoms with van der Waals surface area (Å²) in [5.41, 5.74) is 0. The summed E-state index contributed by atoms with van der Waals surface area (Å²) in [6, 6.07) is 0.236. The zero-order valence-corrected chi connectivity index (χ0v) is 19.7. The third-order valence-electron chi connectivity index (χ3n) is 5.25. The van der Waals surface area contributed by atoms with Gasteiger partial charge in [0.25, 0.3) is 0 Å². The van der Waals surface area contributed by atoms with Crippen LogP contribution in [-0.2, 0) is 14.3 Å². The Morgan fingerprint density at radius 2 is 1.89 bits per heavy atom. The van der Waals surface area contributed by atoms with Gasteiger partial charge < -0.3 is 20.3 Å². The first kappa shape index (κ1) is 25.0. The van der Waals surface area contributed by atoms with E-state index in [1.54, 1.807) is 0 Å². The Kier molecular flexibility index (Phi) is 12.5. The Hall–Kier alpha value is -1.06. The fourth-order valence-corrected chi connectivity index (χ4v) is 3.85. The minimum absolute atomic E-state index is 0. The Bertz CT molecular complexity index is 510. The van der Waals surface area contributed by atoms with Crippen molar-refractivity contribution in [1.29, 1.82) is 0 Å². The number of halogens is 1. The predicted octanol–water partition coefficient (Wildman–Crippen LogP) is 2.68. The van der Waals surface area contributed by atoms with Crippen LogP contribution in [0.5, 0.6) is 0 Å². The molecule has 2 rings (SSSR count). The molecular weight excluding hydrogens is 471 g/mol. The molecule has 1 aliphatic carbocycles. The summed E-state index contributed by atoms with van der Waals surface area (Å²) >= 11 is 0. The largest absolute Gasteiger partial charge is 0.466 e. The van der Waals surface area contributed by atoms with E-state index in [0.29, 0.717) is 31.9 Å². The molecule has 2 fully saturated rings. The van der Waals surface area contributed by atoms with Crippen LogP contribution in [0.1, 0.15) is 65.2 Å². The van der Waals surface area contributed by atoms with Gasteiger partial charge >= 0.3 is 5.97 Å². The minimum Gasteiger partial charge on any atom is -0.466 e. The number of guanidine groups is 1. The lowest BCUT2D eigenvalue weighted by Crippen LogP contribution is -2.45. The van der Waals surface area contributed by atoms with Crippen molar-refractivity contribution in [3.63, 3.8) is 0 Å². The molecule has 28 heavy (non-hydrogen) atoms. The van der Waals surface area contributed by atoms with Gasteiger partial charge in [-0.25, -0.2) is 0 Å². The van der Waals surface area contributed by atoms with E-state index in [-0.39, 0.29) is 41.9 Å². The lowest BCUT2D eigenvalue weighted by atomic mass is 9.88. The molecule has 1 aliphatic heterocycles. The summed E-state index contributed by atoms with van der Waals surface area (Å²) in [5.74, 6) is 1.18. The Labute approximate surface area is 186 Å². The summed E-state index contributed by atoms with van der Waals surface area (Å²) < 4.78 is 4.93. The van der Waals surface area contributed by atoms with Crippen LogP contribution in [0.4, 0.5) is 0 Å². The van der Waals surface area contributed by atoms with Gasteiger partial charge in [-0.3, -0.25) is 14.6 Å². The van der Waals surface area contributed by atoms with E-state index in [1.807, 2.05) is 18.7 Å².